The van der Waals surface area contributed by atoms with Gasteiger partial charge in [-0.3, -0.25) is 9.78 Å². The minimum Gasteiger partial charge on any atom is -0.350 e. The first-order chi connectivity index (χ1) is 14.6. The normalized spacial score (nSPS) is 14.8. The monoisotopic (exact) mass is 403 g/mol. The molecule has 30 heavy (non-hydrogen) atoms. The van der Waals surface area contributed by atoms with Crippen molar-refractivity contribution in [2.45, 2.75) is 58.4 Å². The molecule has 0 atom stereocenters. The lowest BCUT2D eigenvalue weighted by atomic mass is 9.89. The molecule has 6 nitrogen and oxygen atoms in total. The van der Waals surface area contributed by atoms with Crippen LogP contribution in [0.2, 0.25) is 0 Å². The van der Waals surface area contributed by atoms with Crippen molar-refractivity contribution in [3.8, 4) is 11.4 Å². The second-order valence-electron chi connectivity index (χ2n) is 8.34. The number of carbonyl (C=O) groups excluding carboxylic acids is 1. The third kappa shape index (κ3) is 4.58. The summed E-state index contributed by atoms with van der Waals surface area (Å²) in [6.45, 7) is 4.96. The van der Waals surface area contributed by atoms with E-state index in [-0.39, 0.29) is 11.8 Å². The number of carbonyl (C=O) groups is 1. The van der Waals surface area contributed by atoms with E-state index in [1.165, 1.54) is 16.7 Å². The summed E-state index contributed by atoms with van der Waals surface area (Å²) in [5.74, 6) is 1.58. The highest BCUT2D eigenvalue weighted by atomic mass is 16.2. The van der Waals surface area contributed by atoms with Gasteiger partial charge in [0.25, 0.3) is 5.91 Å². The molecule has 1 N–H and O–H groups in total. The first-order valence-electron chi connectivity index (χ1n) is 10.9. The topological polar surface area (TPSA) is 72.7 Å². The zero-order valence-electron chi connectivity index (χ0n) is 17.7. The highest BCUT2D eigenvalue weighted by Crippen LogP contribution is 2.27. The van der Waals surface area contributed by atoms with Crippen LogP contribution in [-0.4, -0.2) is 25.7 Å². The van der Waals surface area contributed by atoms with Crippen LogP contribution >= 0.6 is 0 Å². The van der Waals surface area contributed by atoms with E-state index in [9.17, 15) is 4.79 Å². The summed E-state index contributed by atoms with van der Waals surface area (Å²) in [6.07, 6.45) is 8.71. The van der Waals surface area contributed by atoms with Crippen LogP contribution < -0.4 is 5.32 Å². The van der Waals surface area contributed by atoms with Crippen molar-refractivity contribution >= 4 is 11.9 Å². The van der Waals surface area contributed by atoms with E-state index in [0.29, 0.717) is 24.2 Å². The molecule has 3 aromatic rings. The highest BCUT2D eigenvalue weighted by molar-refractivity contribution is 5.83. The Bertz CT molecular complexity index is 973. The SMILES string of the molecule is CC(C)c1ccc(CNc2nc(-c3cccnc3)nn2C(=O)C2CCCCC2)cc1. The Hall–Kier alpha value is -3.02. The van der Waals surface area contributed by atoms with Gasteiger partial charge in [-0.05, 0) is 42.0 Å². The Kier molecular flexibility index (Phi) is 6.21. The fourth-order valence-electron chi connectivity index (χ4n) is 3.92. The lowest BCUT2D eigenvalue weighted by Crippen LogP contribution is -2.26. The van der Waals surface area contributed by atoms with Crippen molar-refractivity contribution in [2.24, 2.45) is 5.92 Å². The smallest absolute Gasteiger partial charge is 0.253 e. The van der Waals surface area contributed by atoms with E-state index in [1.807, 2.05) is 12.1 Å². The van der Waals surface area contributed by atoms with Crippen LogP contribution in [0.25, 0.3) is 11.4 Å². The quantitative estimate of drug-likeness (QED) is 0.605. The van der Waals surface area contributed by atoms with Gasteiger partial charge in [0.1, 0.15) is 0 Å². The van der Waals surface area contributed by atoms with Gasteiger partial charge in [-0.2, -0.15) is 9.67 Å². The number of nitrogens with zero attached hydrogens (tertiary/aromatic N) is 4. The molecule has 1 aliphatic carbocycles. The third-order valence-electron chi connectivity index (χ3n) is 5.79. The largest absolute Gasteiger partial charge is 0.350 e. The first-order valence-corrected chi connectivity index (χ1v) is 10.9. The molecule has 0 unspecified atom stereocenters. The summed E-state index contributed by atoms with van der Waals surface area (Å²) in [4.78, 5) is 22.0. The third-order valence-corrected chi connectivity index (χ3v) is 5.79. The molecule has 6 heteroatoms. The summed E-state index contributed by atoms with van der Waals surface area (Å²) in [7, 11) is 0. The van der Waals surface area contributed by atoms with Crippen LogP contribution in [-0.2, 0) is 6.54 Å². The summed E-state index contributed by atoms with van der Waals surface area (Å²) < 4.78 is 1.47. The van der Waals surface area contributed by atoms with Gasteiger partial charge in [-0.15, -0.1) is 5.10 Å². The number of hydrogen-bond acceptors (Lipinski definition) is 5. The number of nitrogens with one attached hydrogen (secondary N) is 1. The molecular formula is C24H29N5O. The van der Waals surface area contributed by atoms with Crippen LogP contribution in [0.3, 0.4) is 0 Å². The Morgan fingerprint density at radius 3 is 2.57 bits per heavy atom. The van der Waals surface area contributed by atoms with Crippen LogP contribution in [0.5, 0.6) is 0 Å². The number of anilines is 1. The Morgan fingerprint density at radius 2 is 1.90 bits per heavy atom. The van der Waals surface area contributed by atoms with Gasteiger partial charge < -0.3 is 5.32 Å². The van der Waals surface area contributed by atoms with E-state index in [0.717, 1.165) is 36.8 Å². The number of aromatic nitrogens is 4. The van der Waals surface area contributed by atoms with Crippen molar-refractivity contribution in [1.82, 2.24) is 19.7 Å². The molecule has 1 aromatic carbocycles. The minimum absolute atomic E-state index is 0.0214. The summed E-state index contributed by atoms with van der Waals surface area (Å²) in [6, 6.07) is 12.3. The Morgan fingerprint density at radius 1 is 1.13 bits per heavy atom. The Labute approximate surface area is 177 Å². The van der Waals surface area contributed by atoms with Crippen molar-refractivity contribution in [2.75, 3.05) is 5.32 Å². The summed E-state index contributed by atoms with van der Waals surface area (Å²) in [5, 5.41) is 7.90. The van der Waals surface area contributed by atoms with Crippen LogP contribution in [0.4, 0.5) is 5.95 Å². The van der Waals surface area contributed by atoms with Gasteiger partial charge in [0.15, 0.2) is 5.82 Å². The van der Waals surface area contributed by atoms with Crippen molar-refractivity contribution < 1.29 is 4.79 Å². The highest BCUT2D eigenvalue weighted by Gasteiger charge is 2.26. The molecular weight excluding hydrogens is 374 g/mol. The lowest BCUT2D eigenvalue weighted by molar-refractivity contribution is 0.0787. The maximum atomic E-state index is 13.2. The fraction of sp³-hybridized carbons (Fsp3) is 0.417. The molecule has 0 aliphatic heterocycles. The standard InChI is InChI=1S/C24H29N5O/c1-17(2)19-12-10-18(11-13-19)15-26-24-27-22(21-9-6-14-25-16-21)28-29(24)23(30)20-7-4-3-5-8-20/h6,9-14,16-17,20H,3-5,7-8,15H2,1-2H3,(H,26,27,28). The lowest BCUT2D eigenvalue weighted by Gasteiger charge is -2.20. The molecule has 1 saturated carbocycles. The average molecular weight is 404 g/mol. The van der Waals surface area contributed by atoms with Crippen molar-refractivity contribution in [3.05, 3.63) is 59.9 Å². The Balaban J connectivity index is 1.58. The van der Waals surface area contributed by atoms with E-state index < -0.39 is 0 Å². The summed E-state index contributed by atoms with van der Waals surface area (Å²) in [5.41, 5.74) is 3.26. The zero-order valence-corrected chi connectivity index (χ0v) is 17.7. The molecule has 1 aliphatic rings. The van der Waals surface area contributed by atoms with Gasteiger partial charge in [-0.25, -0.2) is 0 Å². The van der Waals surface area contributed by atoms with Gasteiger partial charge in [0.2, 0.25) is 5.95 Å². The molecule has 0 amide bonds. The van der Waals surface area contributed by atoms with Crippen LogP contribution in [0.15, 0.2) is 48.8 Å². The predicted molar refractivity (Wildman–Crippen MR) is 118 cm³/mol. The van der Waals surface area contributed by atoms with Gasteiger partial charge in [0, 0.05) is 30.4 Å². The van der Waals surface area contributed by atoms with Crippen molar-refractivity contribution in [3.63, 3.8) is 0 Å². The minimum atomic E-state index is 0.0214. The molecule has 2 aromatic heterocycles. The second kappa shape index (κ2) is 9.20. The van der Waals surface area contributed by atoms with Gasteiger partial charge >= 0.3 is 0 Å². The molecule has 0 radical (unpaired) electrons. The van der Waals surface area contributed by atoms with E-state index in [2.05, 4.69) is 58.5 Å². The van der Waals surface area contributed by atoms with Crippen LogP contribution in [0.1, 0.15) is 67.8 Å². The number of rotatable bonds is 6. The number of benzene rings is 1. The molecule has 1 fully saturated rings. The van der Waals surface area contributed by atoms with E-state index in [1.54, 1.807) is 12.4 Å². The van der Waals surface area contributed by atoms with E-state index >= 15 is 0 Å². The number of pyridine rings is 1. The molecule has 0 saturated heterocycles. The molecule has 0 spiro atoms. The van der Waals surface area contributed by atoms with E-state index in [4.69, 9.17) is 0 Å². The van der Waals surface area contributed by atoms with Gasteiger partial charge in [-0.1, -0.05) is 57.4 Å². The fourth-order valence-corrected chi connectivity index (χ4v) is 3.92. The zero-order chi connectivity index (χ0) is 20.9. The average Bonchev–Trinajstić information content (AvgIpc) is 3.23. The maximum absolute atomic E-state index is 13.2. The first kappa shape index (κ1) is 20.3. The maximum Gasteiger partial charge on any atom is 0.253 e. The summed E-state index contributed by atoms with van der Waals surface area (Å²) >= 11 is 0. The van der Waals surface area contributed by atoms with Gasteiger partial charge in [0.05, 0.1) is 0 Å². The number of hydrogen-bond donors (Lipinski definition) is 1. The second-order valence-corrected chi connectivity index (χ2v) is 8.34. The van der Waals surface area contributed by atoms with Crippen molar-refractivity contribution in [1.29, 1.82) is 0 Å². The molecule has 156 valence electrons. The predicted octanol–water partition coefficient (Wildman–Crippen LogP) is 5.30. The molecule has 2 heterocycles. The molecule has 0 bridgehead atoms. The van der Waals surface area contributed by atoms with Crippen LogP contribution in [0, 0.1) is 5.92 Å². The molecule has 4 rings (SSSR count).